The van der Waals surface area contributed by atoms with Gasteiger partial charge in [0.1, 0.15) is 0 Å². The van der Waals surface area contributed by atoms with Crippen LogP contribution in [0.5, 0.6) is 0 Å². The Morgan fingerprint density at radius 2 is 1.69 bits per heavy atom. The Balaban J connectivity index is 2.56. The van der Waals surface area contributed by atoms with Crippen molar-refractivity contribution in [1.82, 2.24) is 4.90 Å². The summed E-state index contributed by atoms with van der Waals surface area (Å²) in [6.07, 6.45) is 4.95. The molecule has 0 saturated heterocycles. The zero-order valence-electron chi connectivity index (χ0n) is 9.26. The van der Waals surface area contributed by atoms with Gasteiger partial charge in [-0.1, -0.05) is 33.6 Å². The van der Waals surface area contributed by atoms with Gasteiger partial charge in [-0.25, -0.2) is 0 Å². The predicted molar refractivity (Wildman–Crippen MR) is 54.5 cm³/mol. The summed E-state index contributed by atoms with van der Waals surface area (Å²) in [6, 6.07) is 0.506. The van der Waals surface area contributed by atoms with E-state index in [0.29, 0.717) is 6.04 Å². The van der Waals surface area contributed by atoms with E-state index in [1.165, 1.54) is 25.7 Å². The number of hydrogen-bond donors (Lipinski definition) is 0. The topological polar surface area (TPSA) is 20.3 Å². The molecule has 1 rings (SSSR count). The highest BCUT2D eigenvalue weighted by Gasteiger charge is 2.30. The van der Waals surface area contributed by atoms with E-state index in [4.69, 9.17) is 0 Å². The van der Waals surface area contributed by atoms with Crippen LogP contribution < -0.4 is 0 Å². The number of nitrogens with zero attached hydrogens (tertiary/aromatic N) is 1. The zero-order valence-corrected chi connectivity index (χ0v) is 9.26. The fourth-order valence-corrected chi connectivity index (χ4v) is 1.99. The Labute approximate surface area is 81.3 Å². The minimum atomic E-state index is -0.225. The van der Waals surface area contributed by atoms with E-state index < -0.39 is 0 Å². The van der Waals surface area contributed by atoms with Gasteiger partial charge in [0, 0.05) is 18.5 Å². The van der Waals surface area contributed by atoms with Crippen LogP contribution >= 0.6 is 0 Å². The molecule has 2 heteroatoms. The molecule has 0 N–H and O–H groups in total. The van der Waals surface area contributed by atoms with Gasteiger partial charge in [-0.3, -0.25) is 4.79 Å². The van der Waals surface area contributed by atoms with E-state index in [2.05, 4.69) is 0 Å². The molecule has 1 aliphatic carbocycles. The van der Waals surface area contributed by atoms with Gasteiger partial charge in [0.2, 0.25) is 5.91 Å². The molecular weight excluding hydrogens is 162 g/mol. The molecule has 0 bridgehead atoms. The number of rotatable bonds is 1. The average Bonchev–Trinajstić information content (AvgIpc) is 2.51. The van der Waals surface area contributed by atoms with E-state index in [0.717, 1.165) is 0 Å². The van der Waals surface area contributed by atoms with Crippen LogP contribution in [0.2, 0.25) is 0 Å². The van der Waals surface area contributed by atoms with Crippen LogP contribution in [0.25, 0.3) is 0 Å². The molecule has 1 amide bonds. The fourth-order valence-electron chi connectivity index (χ4n) is 1.99. The molecule has 0 aliphatic heterocycles. The second-order valence-corrected chi connectivity index (χ2v) is 5.10. The van der Waals surface area contributed by atoms with Crippen molar-refractivity contribution in [3.63, 3.8) is 0 Å². The Morgan fingerprint density at radius 3 is 2.08 bits per heavy atom. The van der Waals surface area contributed by atoms with Crippen molar-refractivity contribution in [1.29, 1.82) is 0 Å². The molecule has 0 spiro atoms. The lowest BCUT2D eigenvalue weighted by molar-refractivity contribution is -0.140. The minimum absolute atomic E-state index is 0.225. The summed E-state index contributed by atoms with van der Waals surface area (Å²) in [5.41, 5.74) is -0.225. The number of amides is 1. The van der Waals surface area contributed by atoms with Gasteiger partial charge in [0.25, 0.3) is 0 Å². The van der Waals surface area contributed by atoms with Gasteiger partial charge in [0.05, 0.1) is 0 Å². The van der Waals surface area contributed by atoms with Crippen molar-refractivity contribution in [2.45, 2.75) is 52.5 Å². The lowest BCUT2D eigenvalue weighted by Gasteiger charge is -2.30. The summed E-state index contributed by atoms with van der Waals surface area (Å²) in [7, 11) is 1.95. The predicted octanol–water partition coefficient (Wildman–Crippen LogP) is 2.43. The van der Waals surface area contributed by atoms with Crippen molar-refractivity contribution in [3.8, 4) is 0 Å². The number of carbonyl (C=O) groups is 1. The highest BCUT2D eigenvalue weighted by molar-refractivity contribution is 5.81. The average molecular weight is 183 g/mol. The second kappa shape index (κ2) is 3.69. The van der Waals surface area contributed by atoms with Crippen LogP contribution in [-0.4, -0.2) is 23.9 Å². The van der Waals surface area contributed by atoms with Crippen LogP contribution in [0.3, 0.4) is 0 Å². The molecule has 0 aromatic carbocycles. The van der Waals surface area contributed by atoms with Gasteiger partial charge in [-0.2, -0.15) is 0 Å². The largest absolute Gasteiger partial charge is 0.342 e. The first kappa shape index (κ1) is 10.6. The lowest BCUT2D eigenvalue weighted by atomic mass is 9.94. The summed E-state index contributed by atoms with van der Waals surface area (Å²) < 4.78 is 0. The van der Waals surface area contributed by atoms with Gasteiger partial charge in [-0.15, -0.1) is 0 Å². The van der Waals surface area contributed by atoms with Gasteiger partial charge >= 0.3 is 0 Å². The molecule has 0 heterocycles. The van der Waals surface area contributed by atoms with Gasteiger partial charge < -0.3 is 4.90 Å². The number of hydrogen-bond acceptors (Lipinski definition) is 1. The van der Waals surface area contributed by atoms with Crippen molar-refractivity contribution in [2.75, 3.05) is 7.05 Å². The van der Waals surface area contributed by atoms with E-state index in [1.807, 2.05) is 32.7 Å². The third-order valence-corrected chi connectivity index (χ3v) is 2.83. The normalized spacial score (nSPS) is 19.1. The maximum absolute atomic E-state index is 11.9. The first-order valence-electron chi connectivity index (χ1n) is 5.20. The molecular formula is C11H21NO. The highest BCUT2D eigenvalue weighted by Crippen LogP contribution is 2.26. The molecule has 1 saturated carbocycles. The van der Waals surface area contributed by atoms with Crippen LogP contribution in [0, 0.1) is 5.41 Å². The summed E-state index contributed by atoms with van der Waals surface area (Å²) >= 11 is 0. The lowest BCUT2D eigenvalue weighted by Crippen LogP contribution is -2.42. The molecule has 0 unspecified atom stereocenters. The van der Waals surface area contributed by atoms with Gasteiger partial charge in [-0.05, 0) is 12.8 Å². The van der Waals surface area contributed by atoms with E-state index in [9.17, 15) is 4.79 Å². The van der Waals surface area contributed by atoms with Crippen LogP contribution in [0.4, 0.5) is 0 Å². The molecule has 76 valence electrons. The maximum Gasteiger partial charge on any atom is 0.227 e. The van der Waals surface area contributed by atoms with Crippen LogP contribution in [0.1, 0.15) is 46.5 Å². The standard InChI is InChI=1S/C11H21NO/c1-11(2,3)10(13)12(4)9-7-5-6-8-9/h9H,5-8H2,1-4H3. The van der Waals surface area contributed by atoms with Gasteiger partial charge in [0.15, 0.2) is 0 Å². The van der Waals surface area contributed by atoms with E-state index in [-0.39, 0.29) is 11.3 Å². The quantitative estimate of drug-likeness (QED) is 0.611. The number of carbonyl (C=O) groups excluding carboxylic acids is 1. The molecule has 2 nitrogen and oxygen atoms in total. The highest BCUT2D eigenvalue weighted by atomic mass is 16.2. The molecule has 1 fully saturated rings. The van der Waals surface area contributed by atoms with Crippen molar-refractivity contribution < 1.29 is 4.79 Å². The van der Waals surface area contributed by atoms with E-state index in [1.54, 1.807) is 0 Å². The Kier molecular flexibility index (Phi) is 2.99. The Bertz CT molecular complexity index is 187. The van der Waals surface area contributed by atoms with Crippen molar-refractivity contribution in [3.05, 3.63) is 0 Å². The van der Waals surface area contributed by atoms with Crippen LogP contribution in [-0.2, 0) is 4.79 Å². The third kappa shape index (κ3) is 2.45. The molecule has 1 aliphatic rings. The van der Waals surface area contributed by atoms with Crippen molar-refractivity contribution >= 4 is 5.91 Å². The van der Waals surface area contributed by atoms with E-state index >= 15 is 0 Å². The first-order chi connectivity index (χ1) is 5.93. The Morgan fingerprint density at radius 1 is 1.23 bits per heavy atom. The Hall–Kier alpha value is -0.530. The second-order valence-electron chi connectivity index (χ2n) is 5.10. The summed E-state index contributed by atoms with van der Waals surface area (Å²) in [6.45, 7) is 5.96. The monoisotopic (exact) mass is 183 g/mol. The molecule has 0 atom stereocenters. The fraction of sp³-hybridized carbons (Fsp3) is 0.909. The summed E-state index contributed by atoms with van der Waals surface area (Å²) in [5, 5.41) is 0. The minimum Gasteiger partial charge on any atom is -0.342 e. The summed E-state index contributed by atoms with van der Waals surface area (Å²) in [4.78, 5) is 13.8. The molecule has 0 radical (unpaired) electrons. The molecule has 13 heavy (non-hydrogen) atoms. The van der Waals surface area contributed by atoms with Crippen molar-refractivity contribution in [2.24, 2.45) is 5.41 Å². The zero-order chi connectivity index (χ0) is 10.1. The summed E-state index contributed by atoms with van der Waals surface area (Å²) in [5.74, 6) is 0.277. The molecule has 0 aromatic heterocycles. The smallest absolute Gasteiger partial charge is 0.227 e. The van der Waals surface area contributed by atoms with Crippen LogP contribution in [0.15, 0.2) is 0 Å². The SMILES string of the molecule is CN(C(=O)C(C)(C)C)C1CCCC1. The molecule has 0 aromatic rings. The third-order valence-electron chi connectivity index (χ3n) is 2.83. The first-order valence-corrected chi connectivity index (χ1v) is 5.20. The maximum atomic E-state index is 11.9.